The van der Waals surface area contributed by atoms with Gasteiger partial charge in [0, 0.05) is 23.5 Å². The van der Waals surface area contributed by atoms with E-state index in [1.807, 2.05) is 11.8 Å². The molecule has 3 aromatic rings. The molecule has 11 heteroatoms. The first kappa shape index (κ1) is 22.2. The van der Waals surface area contributed by atoms with Crippen molar-refractivity contribution in [2.75, 3.05) is 9.80 Å². The monoisotopic (exact) mass is 463 g/mol. The van der Waals surface area contributed by atoms with Crippen molar-refractivity contribution in [3.8, 4) is 0 Å². The van der Waals surface area contributed by atoms with Gasteiger partial charge in [0.05, 0.1) is 23.5 Å². The molecule has 0 fully saturated rings. The summed E-state index contributed by atoms with van der Waals surface area (Å²) >= 11 is 1.34. The van der Waals surface area contributed by atoms with E-state index in [-0.39, 0.29) is 29.0 Å². The van der Waals surface area contributed by atoms with E-state index in [9.17, 15) is 4.39 Å². The number of amidine groups is 2. The van der Waals surface area contributed by atoms with E-state index in [0.29, 0.717) is 34.2 Å². The molecule has 0 bridgehead atoms. The summed E-state index contributed by atoms with van der Waals surface area (Å²) < 4.78 is 13.6. The molecule has 4 rings (SSSR count). The van der Waals surface area contributed by atoms with Crippen molar-refractivity contribution in [2.45, 2.75) is 26.3 Å². The van der Waals surface area contributed by atoms with E-state index in [1.54, 1.807) is 30.6 Å². The normalized spacial score (nSPS) is 16.3. The fourth-order valence-electron chi connectivity index (χ4n) is 3.76. The summed E-state index contributed by atoms with van der Waals surface area (Å²) in [7, 11) is 0. The highest BCUT2D eigenvalue weighted by molar-refractivity contribution is 7.10. The van der Waals surface area contributed by atoms with Crippen LogP contribution in [0.1, 0.15) is 31.1 Å². The predicted molar refractivity (Wildman–Crippen MR) is 130 cm³/mol. The fourth-order valence-corrected chi connectivity index (χ4v) is 4.36. The minimum absolute atomic E-state index is 0.153. The molecule has 1 atom stereocenters. The number of nitrogens with two attached hydrogens (primary N) is 1. The van der Waals surface area contributed by atoms with Gasteiger partial charge in [-0.05, 0) is 37.6 Å². The first-order chi connectivity index (χ1) is 15.9. The second-order valence-corrected chi connectivity index (χ2v) is 8.18. The third-order valence-electron chi connectivity index (χ3n) is 5.25. The summed E-state index contributed by atoms with van der Waals surface area (Å²) in [6, 6.07) is 5.51. The lowest BCUT2D eigenvalue weighted by Gasteiger charge is -2.43. The average Bonchev–Trinajstić information content (AvgIpc) is 3.34. The van der Waals surface area contributed by atoms with Crippen LogP contribution in [0.3, 0.4) is 0 Å². The molecule has 0 saturated heterocycles. The third kappa shape index (κ3) is 3.87. The third-order valence-corrected chi connectivity index (χ3v) is 6.06. The van der Waals surface area contributed by atoms with Crippen LogP contribution in [0.2, 0.25) is 0 Å². The quantitative estimate of drug-likeness (QED) is 0.329. The van der Waals surface area contributed by atoms with Crippen LogP contribution < -0.4 is 15.5 Å². The highest BCUT2D eigenvalue weighted by Crippen LogP contribution is 2.41. The largest absolute Gasteiger partial charge is 0.396 e. The lowest BCUT2D eigenvalue weighted by molar-refractivity contribution is 0.627. The number of fused-ring (bicyclic) bond motifs is 1. The van der Waals surface area contributed by atoms with Gasteiger partial charge in [-0.25, -0.2) is 19.3 Å². The van der Waals surface area contributed by atoms with Gasteiger partial charge in [-0.2, -0.15) is 0 Å². The van der Waals surface area contributed by atoms with Gasteiger partial charge in [0.1, 0.15) is 28.2 Å². The van der Waals surface area contributed by atoms with Crippen molar-refractivity contribution >= 4 is 57.7 Å². The second kappa shape index (κ2) is 8.87. The molecule has 168 valence electrons. The Morgan fingerprint density at radius 1 is 1.27 bits per heavy atom. The van der Waals surface area contributed by atoms with Crippen LogP contribution in [0.4, 0.5) is 21.6 Å². The first-order valence-electron chi connectivity index (χ1n) is 10.1. The molecule has 0 radical (unpaired) electrons. The molecule has 2 aromatic heterocycles. The van der Waals surface area contributed by atoms with Crippen LogP contribution in [-0.4, -0.2) is 38.9 Å². The molecule has 33 heavy (non-hydrogen) atoms. The van der Waals surface area contributed by atoms with Gasteiger partial charge < -0.3 is 16.0 Å². The minimum atomic E-state index is -0.449. The Hall–Kier alpha value is -3.99. The van der Waals surface area contributed by atoms with Crippen molar-refractivity contribution in [3.63, 3.8) is 0 Å². The van der Waals surface area contributed by atoms with Gasteiger partial charge in [-0.3, -0.25) is 15.7 Å². The van der Waals surface area contributed by atoms with Crippen molar-refractivity contribution < 1.29 is 4.39 Å². The molecule has 3 heterocycles. The zero-order valence-electron chi connectivity index (χ0n) is 18.0. The van der Waals surface area contributed by atoms with Crippen LogP contribution in [0.15, 0.2) is 42.0 Å². The van der Waals surface area contributed by atoms with E-state index < -0.39 is 6.04 Å². The number of hydrogen-bond donors (Lipinski definition) is 4. The zero-order valence-corrected chi connectivity index (χ0v) is 18.8. The molecule has 0 amide bonds. The Labute approximate surface area is 194 Å². The number of benzene rings is 1. The second-order valence-electron chi connectivity index (χ2n) is 7.29. The van der Waals surface area contributed by atoms with Crippen LogP contribution in [0, 0.1) is 22.0 Å². The zero-order chi connectivity index (χ0) is 23.7. The summed E-state index contributed by atoms with van der Waals surface area (Å²) in [5.41, 5.74) is 7.96. The SMILES string of the molecule is CCC1C(=N)N(C(C)=N)c2cnc(/C(C=N)=C(/N)c3nccs3)nc2N1c1ccc(F)cc1. The smallest absolute Gasteiger partial charge is 0.165 e. The highest BCUT2D eigenvalue weighted by Gasteiger charge is 2.38. The molecule has 1 unspecified atom stereocenters. The van der Waals surface area contributed by atoms with Crippen molar-refractivity contribution in [2.24, 2.45) is 5.73 Å². The topological polar surface area (TPSA) is 143 Å². The lowest BCUT2D eigenvalue weighted by atomic mass is 10.0. The van der Waals surface area contributed by atoms with Crippen molar-refractivity contribution in [1.82, 2.24) is 15.0 Å². The molecule has 0 spiro atoms. The summed E-state index contributed by atoms with van der Waals surface area (Å²) in [5, 5.41) is 27.3. The molecule has 9 nitrogen and oxygen atoms in total. The summed E-state index contributed by atoms with van der Waals surface area (Å²) in [6.45, 7) is 3.53. The summed E-state index contributed by atoms with van der Waals surface area (Å²) in [4.78, 5) is 16.7. The van der Waals surface area contributed by atoms with Crippen LogP contribution in [0.25, 0.3) is 11.3 Å². The maximum absolute atomic E-state index is 13.6. The number of nitrogens with zero attached hydrogens (tertiary/aromatic N) is 5. The van der Waals surface area contributed by atoms with Gasteiger partial charge in [0.2, 0.25) is 0 Å². The molecule has 0 saturated carbocycles. The Kier molecular flexibility index (Phi) is 5.97. The Morgan fingerprint density at radius 3 is 2.58 bits per heavy atom. The van der Waals surface area contributed by atoms with Gasteiger partial charge in [0.25, 0.3) is 0 Å². The number of thiazole rings is 1. The first-order valence-corrected chi connectivity index (χ1v) is 11.0. The number of allylic oxidation sites excluding steroid dienone is 1. The standard InChI is InChI=1S/C22H22FN9S/c1-3-16-19(27)31(12(2)25)17-11-29-20(15(10-24)18(26)22-28-8-9-33-22)30-21(17)32(16)14-6-4-13(23)5-7-14/h4-11,16,24-25,27H,3,26H2,1-2H3/b18-15+,24-10?,25-12?,27-19?. The lowest BCUT2D eigenvalue weighted by Crippen LogP contribution is -2.53. The van der Waals surface area contributed by atoms with E-state index in [4.69, 9.17) is 26.9 Å². The van der Waals surface area contributed by atoms with Crippen LogP contribution >= 0.6 is 11.3 Å². The maximum atomic E-state index is 13.6. The van der Waals surface area contributed by atoms with Crippen molar-refractivity contribution in [3.05, 3.63) is 58.7 Å². The molecule has 5 N–H and O–H groups in total. The van der Waals surface area contributed by atoms with E-state index in [2.05, 4.69) is 9.97 Å². The van der Waals surface area contributed by atoms with Gasteiger partial charge in [-0.1, -0.05) is 6.92 Å². The van der Waals surface area contributed by atoms with Crippen LogP contribution in [0.5, 0.6) is 0 Å². The van der Waals surface area contributed by atoms with E-state index in [0.717, 1.165) is 6.21 Å². The van der Waals surface area contributed by atoms with Crippen molar-refractivity contribution in [1.29, 1.82) is 16.2 Å². The number of hydrogen-bond acceptors (Lipinski definition) is 9. The van der Waals surface area contributed by atoms with Gasteiger partial charge in [0.15, 0.2) is 11.6 Å². The van der Waals surface area contributed by atoms with E-state index in [1.165, 1.54) is 34.6 Å². The predicted octanol–water partition coefficient (Wildman–Crippen LogP) is 4.26. The molecular formula is C22H22FN9S. The number of aromatic nitrogens is 3. The Bertz CT molecular complexity index is 1250. The fraction of sp³-hybridized carbons (Fsp3) is 0.182. The van der Waals surface area contributed by atoms with Crippen LogP contribution in [-0.2, 0) is 0 Å². The maximum Gasteiger partial charge on any atom is 0.165 e. The number of rotatable bonds is 5. The number of halogens is 1. The van der Waals surface area contributed by atoms with Gasteiger partial charge in [-0.15, -0.1) is 11.3 Å². The van der Waals surface area contributed by atoms with Gasteiger partial charge >= 0.3 is 0 Å². The summed E-state index contributed by atoms with van der Waals surface area (Å²) in [5.74, 6) is 0.634. The Balaban J connectivity index is 1.96. The molecular weight excluding hydrogens is 441 g/mol. The Morgan fingerprint density at radius 2 is 2.00 bits per heavy atom. The number of anilines is 3. The highest BCUT2D eigenvalue weighted by atomic mass is 32.1. The minimum Gasteiger partial charge on any atom is -0.396 e. The molecule has 1 aliphatic heterocycles. The number of nitrogens with one attached hydrogen (secondary N) is 3. The molecule has 1 aliphatic rings. The molecule has 0 aliphatic carbocycles. The summed E-state index contributed by atoms with van der Waals surface area (Å²) in [6.07, 6.45) is 4.78. The molecule has 1 aromatic carbocycles. The van der Waals surface area contributed by atoms with E-state index >= 15 is 0 Å². The average molecular weight is 464 g/mol.